The summed E-state index contributed by atoms with van der Waals surface area (Å²) >= 11 is 0. The second-order valence-corrected chi connectivity index (χ2v) is 4.21. The molecule has 16 heavy (non-hydrogen) atoms. The first kappa shape index (κ1) is 11.1. The third-order valence-corrected chi connectivity index (χ3v) is 3.24. The number of nitrogens with zero attached hydrogens (tertiary/aromatic N) is 1. The Morgan fingerprint density at radius 1 is 1.38 bits per heavy atom. The molecule has 1 amide bonds. The maximum absolute atomic E-state index is 12.8. The number of halogens is 1. The van der Waals surface area contributed by atoms with Crippen LogP contribution in [0.3, 0.4) is 0 Å². The highest BCUT2D eigenvalue weighted by atomic mass is 19.1. The lowest BCUT2D eigenvalue weighted by Crippen LogP contribution is -2.37. The van der Waals surface area contributed by atoms with Crippen LogP contribution in [0.4, 0.5) is 4.39 Å². The smallest absolute Gasteiger partial charge is 0.223 e. The summed E-state index contributed by atoms with van der Waals surface area (Å²) in [5.74, 6) is 0.250. The van der Waals surface area contributed by atoms with E-state index in [1.807, 2.05) is 11.8 Å². The Hall–Kier alpha value is -1.38. The third kappa shape index (κ3) is 2.23. The minimum absolute atomic E-state index is 0.211. The van der Waals surface area contributed by atoms with Gasteiger partial charge in [-0.05, 0) is 37.0 Å². The highest BCUT2D eigenvalue weighted by molar-refractivity contribution is 5.78. The number of rotatable bonds is 2. The molecule has 2 nitrogen and oxygen atoms in total. The fraction of sp³-hybridized carbons (Fsp3) is 0.462. The van der Waals surface area contributed by atoms with Crippen molar-refractivity contribution in [2.45, 2.75) is 25.7 Å². The van der Waals surface area contributed by atoms with Crippen LogP contribution in [0.25, 0.3) is 0 Å². The summed E-state index contributed by atoms with van der Waals surface area (Å²) in [4.78, 5) is 13.6. The normalized spacial score (nSPS) is 21.2. The zero-order chi connectivity index (χ0) is 11.5. The van der Waals surface area contributed by atoms with Crippen molar-refractivity contribution in [1.29, 1.82) is 0 Å². The van der Waals surface area contributed by atoms with Gasteiger partial charge in [0, 0.05) is 19.5 Å². The second-order valence-electron chi connectivity index (χ2n) is 4.21. The molecule has 86 valence electrons. The van der Waals surface area contributed by atoms with Gasteiger partial charge in [0.2, 0.25) is 5.91 Å². The Morgan fingerprint density at radius 2 is 2.06 bits per heavy atom. The minimum Gasteiger partial charge on any atom is -0.343 e. The van der Waals surface area contributed by atoms with Gasteiger partial charge in [-0.15, -0.1) is 0 Å². The van der Waals surface area contributed by atoms with E-state index in [4.69, 9.17) is 0 Å². The summed E-state index contributed by atoms with van der Waals surface area (Å²) in [6.45, 7) is 3.60. The molecule has 0 aromatic heterocycles. The van der Waals surface area contributed by atoms with E-state index >= 15 is 0 Å². The van der Waals surface area contributed by atoms with Gasteiger partial charge in [-0.2, -0.15) is 0 Å². The number of piperidine rings is 1. The van der Waals surface area contributed by atoms with Crippen LogP contribution in [0.5, 0.6) is 0 Å². The van der Waals surface area contributed by atoms with Gasteiger partial charge in [-0.25, -0.2) is 4.39 Å². The van der Waals surface area contributed by atoms with Crippen LogP contribution < -0.4 is 0 Å². The zero-order valence-corrected chi connectivity index (χ0v) is 9.45. The largest absolute Gasteiger partial charge is 0.343 e. The highest BCUT2D eigenvalue weighted by Crippen LogP contribution is 2.28. The van der Waals surface area contributed by atoms with Crippen molar-refractivity contribution in [3.05, 3.63) is 35.6 Å². The summed E-state index contributed by atoms with van der Waals surface area (Å²) in [7, 11) is 0. The second kappa shape index (κ2) is 4.64. The van der Waals surface area contributed by atoms with Crippen molar-refractivity contribution in [2.24, 2.45) is 0 Å². The SMILES string of the molecule is CCN1CCC(c2ccc(F)cc2)CC1=O. The van der Waals surface area contributed by atoms with Crippen molar-refractivity contribution in [2.75, 3.05) is 13.1 Å². The molecule has 0 saturated carbocycles. The fourth-order valence-electron chi connectivity index (χ4n) is 2.23. The van der Waals surface area contributed by atoms with Crippen LogP contribution in [0.1, 0.15) is 31.2 Å². The molecule has 1 unspecified atom stereocenters. The van der Waals surface area contributed by atoms with Crippen LogP contribution in [-0.2, 0) is 4.79 Å². The molecular weight excluding hydrogens is 205 g/mol. The van der Waals surface area contributed by atoms with Gasteiger partial charge >= 0.3 is 0 Å². The van der Waals surface area contributed by atoms with Crippen LogP contribution in [0, 0.1) is 5.82 Å². The number of carbonyl (C=O) groups excluding carboxylic acids is 1. The Labute approximate surface area is 95.1 Å². The zero-order valence-electron chi connectivity index (χ0n) is 9.45. The van der Waals surface area contributed by atoms with E-state index in [0.717, 1.165) is 25.1 Å². The molecule has 1 aromatic carbocycles. The van der Waals surface area contributed by atoms with Crippen LogP contribution in [-0.4, -0.2) is 23.9 Å². The molecule has 1 fully saturated rings. The van der Waals surface area contributed by atoms with E-state index in [9.17, 15) is 9.18 Å². The molecule has 0 radical (unpaired) electrons. The van der Waals surface area contributed by atoms with Gasteiger partial charge in [-0.3, -0.25) is 4.79 Å². The lowest BCUT2D eigenvalue weighted by Gasteiger charge is -2.31. The number of benzene rings is 1. The highest BCUT2D eigenvalue weighted by Gasteiger charge is 2.25. The molecule has 1 aliphatic rings. The van der Waals surface area contributed by atoms with Crippen LogP contribution in [0.2, 0.25) is 0 Å². The van der Waals surface area contributed by atoms with Gasteiger partial charge in [-0.1, -0.05) is 12.1 Å². The average molecular weight is 221 g/mol. The van der Waals surface area contributed by atoms with Crippen molar-refractivity contribution in [3.8, 4) is 0 Å². The Kier molecular flexibility index (Phi) is 3.22. The first-order valence-electron chi connectivity index (χ1n) is 5.74. The lowest BCUT2D eigenvalue weighted by atomic mass is 9.89. The van der Waals surface area contributed by atoms with E-state index < -0.39 is 0 Å². The molecule has 1 aromatic rings. The Balaban J connectivity index is 2.07. The molecule has 0 aliphatic carbocycles. The molecule has 0 N–H and O–H groups in total. The predicted molar refractivity (Wildman–Crippen MR) is 60.6 cm³/mol. The van der Waals surface area contributed by atoms with Gasteiger partial charge < -0.3 is 4.90 Å². The number of likely N-dealkylation sites (tertiary alicyclic amines) is 1. The fourth-order valence-corrected chi connectivity index (χ4v) is 2.23. The predicted octanol–water partition coefficient (Wildman–Crippen LogP) is 2.55. The molecule has 3 heteroatoms. The molecule has 0 bridgehead atoms. The van der Waals surface area contributed by atoms with E-state index in [2.05, 4.69) is 0 Å². The van der Waals surface area contributed by atoms with Gasteiger partial charge in [0.15, 0.2) is 0 Å². The summed E-state index contributed by atoms with van der Waals surface area (Å²) < 4.78 is 12.8. The molecule has 0 spiro atoms. The summed E-state index contributed by atoms with van der Waals surface area (Å²) in [5, 5.41) is 0. The average Bonchev–Trinajstić information content (AvgIpc) is 2.30. The molecule has 1 saturated heterocycles. The standard InChI is InChI=1S/C13H16FNO/c1-2-15-8-7-11(9-13(15)16)10-3-5-12(14)6-4-10/h3-6,11H,2,7-9H2,1H3. The van der Waals surface area contributed by atoms with Crippen molar-refractivity contribution >= 4 is 5.91 Å². The Bertz CT molecular complexity index is 374. The van der Waals surface area contributed by atoms with Gasteiger partial charge in [0.1, 0.15) is 5.82 Å². The topological polar surface area (TPSA) is 20.3 Å². The molecule has 2 rings (SSSR count). The Morgan fingerprint density at radius 3 is 2.62 bits per heavy atom. The van der Waals surface area contributed by atoms with E-state index in [0.29, 0.717) is 6.42 Å². The summed E-state index contributed by atoms with van der Waals surface area (Å²) in [6, 6.07) is 6.50. The van der Waals surface area contributed by atoms with Gasteiger partial charge in [0.05, 0.1) is 0 Å². The molecule has 1 atom stereocenters. The number of carbonyl (C=O) groups is 1. The molecular formula is C13H16FNO. The molecule has 1 aliphatic heterocycles. The molecule has 1 heterocycles. The number of amides is 1. The van der Waals surface area contributed by atoms with E-state index in [1.54, 1.807) is 12.1 Å². The quantitative estimate of drug-likeness (QED) is 0.751. The van der Waals surface area contributed by atoms with Crippen molar-refractivity contribution in [1.82, 2.24) is 4.90 Å². The van der Waals surface area contributed by atoms with Crippen molar-refractivity contribution < 1.29 is 9.18 Å². The van der Waals surface area contributed by atoms with Gasteiger partial charge in [0.25, 0.3) is 0 Å². The maximum Gasteiger partial charge on any atom is 0.223 e. The summed E-state index contributed by atoms with van der Waals surface area (Å²) in [6.07, 6.45) is 1.53. The number of hydrogen-bond donors (Lipinski definition) is 0. The van der Waals surface area contributed by atoms with E-state index in [-0.39, 0.29) is 17.6 Å². The third-order valence-electron chi connectivity index (χ3n) is 3.24. The summed E-state index contributed by atoms with van der Waals surface area (Å²) in [5.41, 5.74) is 1.07. The van der Waals surface area contributed by atoms with Crippen molar-refractivity contribution in [3.63, 3.8) is 0 Å². The van der Waals surface area contributed by atoms with Crippen LogP contribution in [0.15, 0.2) is 24.3 Å². The van der Waals surface area contributed by atoms with E-state index in [1.165, 1.54) is 12.1 Å². The van der Waals surface area contributed by atoms with Crippen LogP contribution >= 0.6 is 0 Å². The monoisotopic (exact) mass is 221 g/mol. The number of hydrogen-bond acceptors (Lipinski definition) is 1. The first-order valence-corrected chi connectivity index (χ1v) is 5.74. The maximum atomic E-state index is 12.8. The lowest BCUT2D eigenvalue weighted by molar-refractivity contribution is -0.133. The first-order chi connectivity index (χ1) is 7.70. The minimum atomic E-state index is -0.221.